The van der Waals surface area contributed by atoms with Gasteiger partial charge >= 0.3 is 0 Å². The van der Waals surface area contributed by atoms with Crippen LogP contribution in [0.2, 0.25) is 5.02 Å². The van der Waals surface area contributed by atoms with Gasteiger partial charge in [-0.1, -0.05) is 66.2 Å². The molecule has 0 bridgehead atoms. The summed E-state index contributed by atoms with van der Waals surface area (Å²) >= 11 is 5.98. The number of benzene rings is 3. The maximum atomic E-state index is 13.5. The first kappa shape index (κ1) is 24.1. The van der Waals surface area contributed by atoms with Gasteiger partial charge in [-0.15, -0.1) is 0 Å². The van der Waals surface area contributed by atoms with E-state index in [1.165, 1.54) is 23.3 Å². The number of non-ortho nitro benzene ring substituents is 1. The van der Waals surface area contributed by atoms with Gasteiger partial charge in [-0.2, -0.15) is 0 Å². The standard InChI is InChI=1S/C25H23ClN2O5/c26-22-11-7-19(8-12-22)17-21-5-1-2-6-24(21)25(30)27(33-16-4-3-15-29)18-20-9-13-23(14-10-20)28(31)32/h1-14,29H,15-18H2/b4-3-. The van der Waals surface area contributed by atoms with Crippen molar-refractivity contribution in [3.05, 3.63) is 122 Å². The van der Waals surface area contributed by atoms with Crippen molar-refractivity contribution in [3.63, 3.8) is 0 Å². The Kier molecular flexibility index (Phi) is 8.71. The first-order chi connectivity index (χ1) is 16.0. The number of carbonyl (C=O) groups excluding carboxylic acids is 1. The molecule has 1 amide bonds. The molecule has 0 saturated heterocycles. The fourth-order valence-corrected chi connectivity index (χ4v) is 3.31. The minimum absolute atomic E-state index is 0.0308. The smallest absolute Gasteiger partial charge is 0.278 e. The second-order valence-electron chi connectivity index (χ2n) is 7.18. The predicted octanol–water partition coefficient (Wildman–Crippen LogP) is 4.96. The second-order valence-corrected chi connectivity index (χ2v) is 7.61. The van der Waals surface area contributed by atoms with Gasteiger partial charge < -0.3 is 5.11 Å². The molecule has 0 saturated carbocycles. The quantitative estimate of drug-likeness (QED) is 0.259. The van der Waals surface area contributed by atoms with Crippen LogP contribution < -0.4 is 0 Å². The number of nitrogens with zero attached hydrogens (tertiary/aromatic N) is 2. The predicted molar refractivity (Wildman–Crippen MR) is 126 cm³/mol. The van der Waals surface area contributed by atoms with Crippen molar-refractivity contribution in [2.75, 3.05) is 13.2 Å². The van der Waals surface area contributed by atoms with Gasteiger partial charge in [0.15, 0.2) is 0 Å². The van der Waals surface area contributed by atoms with E-state index in [0.29, 0.717) is 22.6 Å². The number of hydrogen-bond donors (Lipinski definition) is 1. The highest BCUT2D eigenvalue weighted by molar-refractivity contribution is 6.30. The lowest BCUT2D eigenvalue weighted by atomic mass is 9.99. The number of rotatable bonds is 10. The molecule has 170 valence electrons. The third kappa shape index (κ3) is 6.98. The zero-order valence-electron chi connectivity index (χ0n) is 17.8. The Balaban J connectivity index is 1.85. The van der Waals surface area contributed by atoms with Crippen molar-refractivity contribution in [2.24, 2.45) is 0 Å². The first-order valence-electron chi connectivity index (χ1n) is 10.2. The molecule has 0 unspecified atom stereocenters. The van der Waals surface area contributed by atoms with Gasteiger partial charge in [0, 0.05) is 22.7 Å². The topological polar surface area (TPSA) is 92.9 Å². The Morgan fingerprint density at radius 3 is 2.33 bits per heavy atom. The molecule has 0 atom stereocenters. The van der Waals surface area contributed by atoms with Gasteiger partial charge in [0.1, 0.15) is 0 Å². The molecule has 1 N–H and O–H groups in total. The third-order valence-electron chi connectivity index (χ3n) is 4.85. The van der Waals surface area contributed by atoms with E-state index in [0.717, 1.165) is 11.1 Å². The average molecular weight is 467 g/mol. The molecule has 3 aromatic carbocycles. The zero-order valence-corrected chi connectivity index (χ0v) is 18.5. The monoisotopic (exact) mass is 466 g/mol. The molecule has 0 fully saturated rings. The van der Waals surface area contributed by atoms with Crippen LogP contribution in [-0.4, -0.2) is 34.2 Å². The summed E-state index contributed by atoms with van der Waals surface area (Å²) in [5.41, 5.74) is 2.97. The molecule has 0 spiro atoms. The molecular weight excluding hydrogens is 444 g/mol. The van der Waals surface area contributed by atoms with E-state index >= 15 is 0 Å². The number of amides is 1. The van der Waals surface area contributed by atoms with Crippen LogP contribution in [0.5, 0.6) is 0 Å². The lowest BCUT2D eigenvalue weighted by molar-refractivity contribution is -0.384. The van der Waals surface area contributed by atoms with Gasteiger partial charge in [0.2, 0.25) is 0 Å². The first-order valence-corrected chi connectivity index (χ1v) is 10.6. The fourth-order valence-electron chi connectivity index (χ4n) is 3.18. The Morgan fingerprint density at radius 1 is 1.00 bits per heavy atom. The van der Waals surface area contributed by atoms with E-state index in [9.17, 15) is 14.9 Å². The van der Waals surface area contributed by atoms with Crippen LogP contribution in [-0.2, 0) is 17.8 Å². The summed E-state index contributed by atoms with van der Waals surface area (Å²) in [7, 11) is 0. The summed E-state index contributed by atoms with van der Waals surface area (Å²) in [5, 5.41) is 21.7. The van der Waals surface area contributed by atoms with E-state index in [4.69, 9.17) is 21.5 Å². The van der Waals surface area contributed by atoms with Crippen LogP contribution in [0.4, 0.5) is 5.69 Å². The van der Waals surface area contributed by atoms with Gasteiger partial charge in [0.25, 0.3) is 11.6 Å². The highest BCUT2D eigenvalue weighted by Gasteiger charge is 2.20. The lowest BCUT2D eigenvalue weighted by Gasteiger charge is -2.23. The number of aliphatic hydroxyl groups excluding tert-OH is 1. The molecule has 33 heavy (non-hydrogen) atoms. The molecule has 3 rings (SSSR count). The zero-order chi connectivity index (χ0) is 23.6. The van der Waals surface area contributed by atoms with Crippen molar-refractivity contribution in [1.82, 2.24) is 5.06 Å². The van der Waals surface area contributed by atoms with Gasteiger partial charge in [-0.3, -0.25) is 19.7 Å². The van der Waals surface area contributed by atoms with Crippen molar-refractivity contribution in [3.8, 4) is 0 Å². The highest BCUT2D eigenvalue weighted by atomic mass is 35.5. The van der Waals surface area contributed by atoms with Crippen LogP contribution in [0.3, 0.4) is 0 Å². The summed E-state index contributed by atoms with van der Waals surface area (Å²) < 4.78 is 0. The number of carbonyl (C=O) groups is 1. The van der Waals surface area contributed by atoms with Gasteiger partial charge in [0.05, 0.1) is 24.7 Å². The summed E-state index contributed by atoms with van der Waals surface area (Å²) in [6.07, 6.45) is 3.66. The number of nitro benzene ring substituents is 1. The van der Waals surface area contributed by atoms with Crippen molar-refractivity contribution < 1.29 is 19.7 Å². The van der Waals surface area contributed by atoms with E-state index in [-0.39, 0.29) is 31.4 Å². The summed E-state index contributed by atoms with van der Waals surface area (Å²) in [6, 6.07) is 20.7. The summed E-state index contributed by atoms with van der Waals surface area (Å²) in [4.78, 5) is 29.6. The average Bonchev–Trinajstić information content (AvgIpc) is 2.83. The number of hydroxylamine groups is 2. The third-order valence-corrected chi connectivity index (χ3v) is 5.11. The second kappa shape index (κ2) is 11.9. The minimum Gasteiger partial charge on any atom is -0.392 e. The number of halogens is 1. The molecule has 8 heteroatoms. The lowest BCUT2D eigenvalue weighted by Crippen LogP contribution is -2.31. The molecule has 0 heterocycles. The molecular formula is C25H23ClN2O5. The highest BCUT2D eigenvalue weighted by Crippen LogP contribution is 2.20. The fraction of sp³-hybridized carbons (Fsp3) is 0.160. The van der Waals surface area contributed by atoms with Gasteiger partial charge in [-0.25, -0.2) is 5.06 Å². The Hall–Kier alpha value is -3.52. The molecule has 0 aromatic heterocycles. The number of aliphatic hydroxyl groups is 1. The normalized spacial score (nSPS) is 11.0. The maximum absolute atomic E-state index is 13.5. The minimum atomic E-state index is -0.476. The Bertz CT molecular complexity index is 1110. The van der Waals surface area contributed by atoms with Gasteiger partial charge in [-0.05, 0) is 41.3 Å². The van der Waals surface area contributed by atoms with Crippen LogP contribution in [0, 0.1) is 10.1 Å². The van der Waals surface area contributed by atoms with E-state index in [2.05, 4.69) is 0 Å². The Morgan fingerprint density at radius 2 is 1.67 bits per heavy atom. The summed E-state index contributed by atoms with van der Waals surface area (Å²) in [6.45, 7) is 0.0429. The SMILES string of the molecule is O=C(c1ccccc1Cc1ccc(Cl)cc1)N(Cc1ccc([N+](=O)[O-])cc1)OC/C=C\CO. The molecule has 0 radical (unpaired) electrons. The van der Waals surface area contributed by atoms with Crippen LogP contribution in [0.25, 0.3) is 0 Å². The van der Waals surface area contributed by atoms with Crippen molar-refractivity contribution >= 4 is 23.2 Å². The molecule has 0 aliphatic rings. The van der Waals surface area contributed by atoms with E-state index < -0.39 is 4.92 Å². The van der Waals surface area contributed by atoms with Crippen LogP contribution in [0.15, 0.2) is 84.9 Å². The van der Waals surface area contributed by atoms with Crippen LogP contribution in [0.1, 0.15) is 27.0 Å². The molecule has 0 aliphatic heterocycles. The van der Waals surface area contributed by atoms with E-state index in [1.807, 2.05) is 24.3 Å². The Labute approximate surface area is 196 Å². The molecule has 3 aromatic rings. The van der Waals surface area contributed by atoms with E-state index in [1.54, 1.807) is 42.5 Å². The number of hydrogen-bond acceptors (Lipinski definition) is 5. The number of nitro groups is 1. The maximum Gasteiger partial charge on any atom is 0.278 e. The van der Waals surface area contributed by atoms with Crippen molar-refractivity contribution in [2.45, 2.75) is 13.0 Å². The molecule has 0 aliphatic carbocycles. The largest absolute Gasteiger partial charge is 0.392 e. The van der Waals surface area contributed by atoms with Crippen LogP contribution >= 0.6 is 11.6 Å². The van der Waals surface area contributed by atoms with Crippen molar-refractivity contribution in [1.29, 1.82) is 0 Å². The molecule has 7 nitrogen and oxygen atoms in total. The summed E-state index contributed by atoms with van der Waals surface area (Å²) in [5.74, 6) is -0.338.